The Labute approximate surface area is 173 Å². The van der Waals surface area contributed by atoms with Crippen molar-refractivity contribution in [3.8, 4) is 0 Å². The molecule has 1 heterocycles. The zero-order valence-corrected chi connectivity index (χ0v) is 16.8. The van der Waals surface area contributed by atoms with E-state index in [-0.39, 0.29) is 24.2 Å². The van der Waals surface area contributed by atoms with Gasteiger partial charge in [-0.25, -0.2) is 13.6 Å². The maximum absolute atomic E-state index is 13.7. The molecular formula is C23H24F2N2O3. The number of halogens is 2. The quantitative estimate of drug-likeness (QED) is 0.781. The summed E-state index contributed by atoms with van der Waals surface area (Å²) in [6.07, 6.45) is 2.13. The number of carbonyl (C=O) groups is 2. The zero-order chi connectivity index (χ0) is 21.4. The van der Waals surface area contributed by atoms with Gasteiger partial charge in [-0.2, -0.15) is 0 Å². The second-order valence-electron chi connectivity index (χ2n) is 8.02. The van der Waals surface area contributed by atoms with Crippen LogP contribution in [0.25, 0.3) is 0 Å². The number of ether oxygens (including phenoxy) is 1. The Hall–Kier alpha value is -2.80. The predicted molar refractivity (Wildman–Crippen MR) is 107 cm³/mol. The number of carbonyl (C=O) groups excluding carboxylic acids is 2. The van der Waals surface area contributed by atoms with Gasteiger partial charge in [0.05, 0.1) is 12.7 Å². The SMILES string of the molecule is COC(=O)c1ccc2c(c1)CCN(C(=O)CC(N)C1CCc3cc(F)c(F)cc31)C2. The van der Waals surface area contributed by atoms with Gasteiger partial charge in [0.15, 0.2) is 11.6 Å². The van der Waals surface area contributed by atoms with Gasteiger partial charge in [-0.05, 0) is 65.8 Å². The zero-order valence-electron chi connectivity index (χ0n) is 16.8. The first-order valence-corrected chi connectivity index (χ1v) is 10.1. The lowest BCUT2D eigenvalue weighted by Gasteiger charge is -2.31. The monoisotopic (exact) mass is 414 g/mol. The summed E-state index contributed by atoms with van der Waals surface area (Å²) in [5, 5.41) is 0. The molecule has 4 rings (SSSR count). The molecule has 0 spiro atoms. The summed E-state index contributed by atoms with van der Waals surface area (Å²) >= 11 is 0. The fourth-order valence-electron chi connectivity index (χ4n) is 4.56. The Morgan fingerprint density at radius 2 is 1.90 bits per heavy atom. The molecule has 1 aliphatic carbocycles. The number of hydrogen-bond donors (Lipinski definition) is 1. The minimum atomic E-state index is -0.877. The Kier molecular flexibility index (Phi) is 5.56. The van der Waals surface area contributed by atoms with Crippen molar-refractivity contribution in [3.63, 3.8) is 0 Å². The number of hydrogen-bond acceptors (Lipinski definition) is 4. The van der Waals surface area contributed by atoms with E-state index < -0.39 is 17.7 Å². The molecule has 0 bridgehead atoms. The molecule has 5 nitrogen and oxygen atoms in total. The van der Waals surface area contributed by atoms with Crippen molar-refractivity contribution in [3.05, 3.63) is 69.8 Å². The topological polar surface area (TPSA) is 72.6 Å². The molecule has 2 aromatic rings. The summed E-state index contributed by atoms with van der Waals surface area (Å²) in [4.78, 5) is 26.3. The molecule has 0 radical (unpaired) electrons. The summed E-state index contributed by atoms with van der Waals surface area (Å²) in [5.41, 5.74) is 10.4. The Morgan fingerprint density at radius 3 is 2.67 bits per heavy atom. The minimum Gasteiger partial charge on any atom is -0.465 e. The van der Waals surface area contributed by atoms with Gasteiger partial charge in [0.2, 0.25) is 5.91 Å². The lowest BCUT2D eigenvalue weighted by molar-refractivity contribution is -0.132. The average Bonchev–Trinajstić information content (AvgIpc) is 3.15. The summed E-state index contributed by atoms with van der Waals surface area (Å²) < 4.78 is 31.9. The highest BCUT2D eigenvalue weighted by Gasteiger charge is 2.32. The standard InChI is InChI=1S/C23H24F2N2O3/c1-30-23(29)15-2-3-16-12-27(7-6-13(16)8-15)22(28)11-21(26)17-5-4-14-9-19(24)20(25)10-18(14)17/h2-3,8-10,17,21H,4-7,11-12,26H2,1H3. The minimum absolute atomic E-state index is 0.0544. The maximum atomic E-state index is 13.7. The van der Waals surface area contributed by atoms with Crippen LogP contribution in [0.3, 0.4) is 0 Å². The van der Waals surface area contributed by atoms with Crippen LogP contribution in [-0.2, 0) is 28.9 Å². The van der Waals surface area contributed by atoms with Gasteiger partial charge in [-0.1, -0.05) is 6.07 Å². The van der Waals surface area contributed by atoms with Crippen molar-refractivity contribution in [2.45, 2.75) is 44.2 Å². The lowest BCUT2D eigenvalue weighted by Crippen LogP contribution is -2.40. The summed E-state index contributed by atoms with van der Waals surface area (Å²) in [5.74, 6) is -2.31. The molecule has 1 aliphatic heterocycles. The van der Waals surface area contributed by atoms with Gasteiger partial charge in [-0.15, -0.1) is 0 Å². The summed E-state index contributed by atoms with van der Waals surface area (Å²) in [6, 6.07) is 7.38. The largest absolute Gasteiger partial charge is 0.465 e. The highest BCUT2D eigenvalue weighted by atomic mass is 19.2. The third-order valence-corrected chi connectivity index (χ3v) is 6.23. The molecule has 0 saturated carbocycles. The second-order valence-corrected chi connectivity index (χ2v) is 8.02. The second kappa shape index (κ2) is 8.14. The Balaban J connectivity index is 1.42. The average molecular weight is 414 g/mol. The van der Waals surface area contributed by atoms with E-state index in [0.29, 0.717) is 43.5 Å². The van der Waals surface area contributed by atoms with Crippen LogP contribution >= 0.6 is 0 Å². The molecule has 2 atom stereocenters. The van der Waals surface area contributed by atoms with Crippen LogP contribution in [0.4, 0.5) is 8.78 Å². The van der Waals surface area contributed by atoms with E-state index in [1.54, 1.807) is 11.0 Å². The number of benzene rings is 2. The van der Waals surface area contributed by atoms with Crippen LogP contribution in [0.5, 0.6) is 0 Å². The number of aryl methyl sites for hydroxylation is 1. The highest BCUT2D eigenvalue weighted by Crippen LogP contribution is 2.37. The number of amides is 1. The van der Waals surface area contributed by atoms with E-state index in [9.17, 15) is 18.4 Å². The smallest absolute Gasteiger partial charge is 0.337 e. The molecule has 2 unspecified atom stereocenters. The van der Waals surface area contributed by atoms with E-state index >= 15 is 0 Å². The molecule has 7 heteroatoms. The van der Waals surface area contributed by atoms with E-state index in [1.165, 1.54) is 19.2 Å². The van der Waals surface area contributed by atoms with Crippen molar-refractivity contribution >= 4 is 11.9 Å². The third-order valence-electron chi connectivity index (χ3n) is 6.23. The molecule has 0 saturated heterocycles. The normalized spacial score (nSPS) is 18.5. The number of methoxy groups -OCH3 is 1. The van der Waals surface area contributed by atoms with Gasteiger partial charge >= 0.3 is 5.97 Å². The predicted octanol–water partition coefficient (Wildman–Crippen LogP) is 3.08. The molecule has 1 amide bonds. The first-order valence-electron chi connectivity index (χ1n) is 10.1. The molecule has 30 heavy (non-hydrogen) atoms. The van der Waals surface area contributed by atoms with E-state index in [0.717, 1.165) is 16.7 Å². The lowest BCUT2D eigenvalue weighted by atomic mass is 9.90. The Morgan fingerprint density at radius 1 is 1.13 bits per heavy atom. The molecule has 2 N–H and O–H groups in total. The van der Waals surface area contributed by atoms with Crippen LogP contribution in [0.2, 0.25) is 0 Å². The van der Waals surface area contributed by atoms with E-state index in [2.05, 4.69) is 0 Å². The molecule has 2 aliphatic rings. The number of nitrogens with two attached hydrogens (primary N) is 1. The summed E-state index contributed by atoms with van der Waals surface area (Å²) in [6.45, 7) is 1.01. The highest BCUT2D eigenvalue weighted by molar-refractivity contribution is 5.89. The molecule has 0 aromatic heterocycles. The van der Waals surface area contributed by atoms with Crippen molar-refractivity contribution in [1.29, 1.82) is 0 Å². The third kappa shape index (κ3) is 3.81. The van der Waals surface area contributed by atoms with Crippen LogP contribution in [0.1, 0.15) is 51.4 Å². The van der Waals surface area contributed by atoms with Crippen molar-refractivity contribution < 1.29 is 23.1 Å². The molecular weight excluding hydrogens is 390 g/mol. The number of fused-ring (bicyclic) bond motifs is 2. The molecule has 0 fully saturated rings. The first kappa shape index (κ1) is 20.5. The van der Waals surface area contributed by atoms with Crippen LogP contribution in [0, 0.1) is 11.6 Å². The van der Waals surface area contributed by atoms with Crippen LogP contribution in [-0.4, -0.2) is 36.5 Å². The van der Waals surface area contributed by atoms with Crippen molar-refractivity contribution in [2.75, 3.05) is 13.7 Å². The van der Waals surface area contributed by atoms with Crippen LogP contribution in [0.15, 0.2) is 30.3 Å². The van der Waals surface area contributed by atoms with Crippen molar-refractivity contribution in [1.82, 2.24) is 4.90 Å². The number of esters is 1. The van der Waals surface area contributed by atoms with E-state index in [4.69, 9.17) is 10.5 Å². The summed E-state index contributed by atoms with van der Waals surface area (Å²) in [7, 11) is 1.35. The van der Waals surface area contributed by atoms with Gasteiger partial charge in [-0.3, -0.25) is 4.79 Å². The van der Waals surface area contributed by atoms with Gasteiger partial charge < -0.3 is 15.4 Å². The van der Waals surface area contributed by atoms with Crippen LogP contribution < -0.4 is 5.73 Å². The van der Waals surface area contributed by atoms with Gasteiger partial charge in [0.25, 0.3) is 0 Å². The number of rotatable bonds is 4. The van der Waals surface area contributed by atoms with Gasteiger partial charge in [0, 0.05) is 31.5 Å². The Bertz CT molecular complexity index is 1010. The van der Waals surface area contributed by atoms with Crippen molar-refractivity contribution in [2.24, 2.45) is 5.73 Å². The molecule has 158 valence electrons. The maximum Gasteiger partial charge on any atom is 0.337 e. The molecule has 2 aromatic carbocycles. The van der Waals surface area contributed by atoms with Gasteiger partial charge in [0.1, 0.15) is 0 Å². The van der Waals surface area contributed by atoms with E-state index in [1.807, 2.05) is 12.1 Å². The first-order chi connectivity index (χ1) is 14.4. The number of nitrogens with zero attached hydrogens (tertiary/aromatic N) is 1. The fourth-order valence-corrected chi connectivity index (χ4v) is 4.56. The fraction of sp³-hybridized carbons (Fsp3) is 0.391.